The molecule has 0 atom stereocenters. The molecule has 1 aliphatic rings. The van der Waals surface area contributed by atoms with Crippen LogP contribution in [0, 0.1) is 0 Å². The monoisotopic (exact) mass is 379 g/mol. The lowest BCUT2D eigenvalue weighted by molar-refractivity contribution is -0.122. The summed E-state index contributed by atoms with van der Waals surface area (Å²) < 4.78 is 0. The minimum Gasteiger partial charge on any atom is -0.351 e. The van der Waals surface area contributed by atoms with Crippen molar-refractivity contribution < 1.29 is 4.79 Å². The number of likely N-dealkylation sites (tertiary alicyclic amines) is 1. The first-order valence-electron chi connectivity index (χ1n) is 10.5. The SMILES string of the molecule is CN(CC(=O)NCc1ccc(CN2CCCCCC2)cc1)Cc1ccccc1. The minimum absolute atomic E-state index is 0.0621. The molecule has 1 amide bonds. The van der Waals surface area contributed by atoms with Crippen LogP contribution in [-0.4, -0.2) is 42.4 Å². The molecule has 0 saturated carbocycles. The fourth-order valence-corrected chi connectivity index (χ4v) is 3.77. The van der Waals surface area contributed by atoms with Gasteiger partial charge in [0, 0.05) is 19.6 Å². The highest BCUT2D eigenvalue weighted by Gasteiger charge is 2.10. The molecular formula is C24H33N3O. The summed E-state index contributed by atoms with van der Waals surface area (Å²) in [6.45, 7) is 5.24. The zero-order valence-corrected chi connectivity index (χ0v) is 17.1. The summed E-state index contributed by atoms with van der Waals surface area (Å²) in [7, 11) is 1.98. The highest BCUT2D eigenvalue weighted by atomic mass is 16.2. The van der Waals surface area contributed by atoms with Crippen molar-refractivity contribution >= 4 is 5.91 Å². The quantitative estimate of drug-likeness (QED) is 0.758. The zero-order chi connectivity index (χ0) is 19.6. The Labute approximate surface area is 169 Å². The van der Waals surface area contributed by atoms with E-state index in [4.69, 9.17) is 0 Å². The van der Waals surface area contributed by atoms with Gasteiger partial charge in [-0.05, 0) is 49.7 Å². The van der Waals surface area contributed by atoms with Gasteiger partial charge in [-0.1, -0.05) is 67.4 Å². The second-order valence-electron chi connectivity index (χ2n) is 7.94. The maximum Gasteiger partial charge on any atom is 0.234 e. The third-order valence-corrected chi connectivity index (χ3v) is 5.33. The molecule has 1 aliphatic heterocycles. The van der Waals surface area contributed by atoms with Crippen LogP contribution in [0.1, 0.15) is 42.4 Å². The number of hydrogen-bond donors (Lipinski definition) is 1. The van der Waals surface area contributed by atoms with Gasteiger partial charge in [0.2, 0.25) is 5.91 Å². The van der Waals surface area contributed by atoms with E-state index in [2.05, 4.69) is 46.6 Å². The highest BCUT2D eigenvalue weighted by molar-refractivity contribution is 5.77. The predicted molar refractivity (Wildman–Crippen MR) is 115 cm³/mol. The Morgan fingerprint density at radius 3 is 2.21 bits per heavy atom. The van der Waals surface area contributed by atoms with Crippen LogP contribution in [0.3, 0.4) is 0 Å². The molecule has 4 heteroatoms. The van der Waals surface area contributed by atoms with Gasteiger partial charge in [0.1, 0.15) is 0 Å². The summed E-state index contributed by atoms with van der Waals surface area (Å²) >= 11 is 0. The first-order valence-corrected chi connectivity index (χ1v) is 10.5. The van der Waals surface area contributed by atoms with Crippen LogP contribution in [0.15, 0.2) is 54.6 Å². The Bertz CT molecular complexity index is 706. The normalized spacial score (nSPS) is 15.4. The molecule has 1 saturated heterocycles. The van der Waals surface area contributed by atoms with E-state index in [0.29, 0.717) is 13.1 Å². The van der Waals surface area contributed by atoms with E-state index in [1.165, 1.54) is 49.9 Å². The smallest absolute Gasteiger partial charge is 0.234 e. The van der Waals surface area contributed by atoms with Crippen LogP contribution in [-0.2, 0) is 24.4 Å². The molecule has 4 nitrogen and oxygen atoms in total. The van der Waals surface area contributed by atoms with E-state index in [0.717, 1.165) is 18.7 Å². The maximum atomic E-state index is 12.2. The lowest BCUT2D eigenvalue weighted by Crippen LogP contribution is -2.34. The van der Waals surface area contributed by atoms with Gasteiger partial charge in [-0.25, -0.2) is 0 Å². The van der Waals surface area contributed by atoms with Crippen molar-refractivity contribution in [3.8, 4) is 0 Å². The molecule has 0 aromatic heterocycles. The summed E-state index contributed by atoms with van der Waals surface area (Å²) in [5.41, 5.74) is 3.73. The van der Waals surface area contributed by atoms with Gasteiger partial charge in [-0.15, -0.1) is 0 Å². The number of nitrogens with zero attached hydrogens (tertiary/aromatic N) is 2. The minimum atomic E-state index is 0.0621. The second kappa shape index (κ2) is 11.0. The third kappa shape index (κ3) is 7.10. The topological polar surface area (TPSA) is 35.6 Å². The first-order chi connectivity index (χ1) is 13.7. The molecule has 3 rings (SSSR count). The maximum absolute atomic E-state index is 12.2. The number of benzene rings is 2. The molecule has 1 heterocycles. The van der Waals surface area contributed by atoms with Crippen LogP contribution in [0.25, 0.3) is 0 Å². The number of carbonyl (C=O) groups excluding carboxylic acids is 1. The van der Waals surface area contributed by atoms with Gasteiger partial charge in [-0.3, -0.25) is 14.6 Å². The van der Waals surface area contributed by atoms with E-state index < -0.39 is 0 Å². The number of nitrogens with one attached hydrogen (secondary N) is 1. The van der Waals surface area contributed by atoms with Crippen molar-refractivity contribution in [3.05, 3.63) is 71.3 Å². The molecule has 1 fully saturated rings. The van der Waals surface area contributed by atoms with Crippen LogP contribution >= 0.6 is 0 Å². The van der Waals surface area contributed by atoms with Crippen molar-refractivity contribution in [1.82, 2.24) is 15.1 Å². The van der Waals surface area contributed by atoms with Crippen LogP contribution in [0.2, 0.25) is 0 Å². The molecule has 0 spiro atoms. The van der Waals surface area contributed by atoms with E-state index in [-0.39, 0.29) is 5.91 Å². The molecule has 28 heavy (non-hydrogen) atoms. The molecule has 2 aromatic carbocycles. The summed E-state index contributed by atoms with van der Waals surface area (Å²) in [5, 5.41) is 3.03. The standard InChI is InChI=1S/C24H33N3O/c1-26(18-22-9-5-4-6-10-22)20-24(28)25-17-21-11-13-23(14-12-21)19-27-15-7-2-3-8-16-27/h4-6,9-14H,2-3,7-8,15-20H2,1H3,(H,25,28). The summed E-state index contributed by atoms with van der Waals surface area (Å²) in [5.74, 6) is 0.0621. The molecule has 0 aliphatic carbocycles. The molecule has 0 radical (unpaired) electrons. The Hall–Kier alpha value is -2.17. The lowest BCUT2D eigenvalue weighted by atomic mass is 10.1. The molecule has 1 N–H and O–H groups in total. The van der Waals surface area contributed by atoms with Gasteiger partial charge in [0.25, 0.3) is 0 Å². The molecular weight excluding hydrogens is 346 g/mol. The molecule has 0 bridgehead atoms. The van der Waals surface area contributed by atoms with Crippen LogP contribution in [0.4, 0.5) is 0 Å². The molecule has 150 valence electrons. The average molecular weight is 380 g/mol. The van der Waals surface area contributed by atoms with Gasteiger partial charge >= 0.3 is 0 Å². The van der Waals surface area contributed by atoms with Crippen molar-refractivity contribution in [1.29, 1.82) is 0 Å². The lowest BCUT2D eigenvalue weighted by Gasteiger charge is -2.20. The molecule has 0 unspecified atom stereocenters. The van der Waals surface area contributed by atoms with Crippen molar-refractivity contribution in [2.75, 3.05) is 26.7 Å². The summed E-state index contributed by atoms with van der Waals surface area (Å²) in [6.07, 6.45) is 5.39. The third-order valence-electron chi connectivity index (χ3n) is 5.33. The van der Waals surface area contributed by atoms with Crippen molar-refractivity contribution in [2.24, 2.45) is 0 Å². The largest absolute Gasteiger partial charge is 0.351 e. The summed E-state index contributed by atoms with van der Waals surface area (Å²) in [4.78, 5) is 16.8. The number of amides is 1. The van der Waals surface area contributed by atoms with Crippen molar-refractivity contribution in [2.45, 2.75) is 45.3 Å². The number of rotatable bonds is 8. The Balaban J connectivity index is 1.39. The van der Waals surface area contributed by atoms with E-state index in [1.807, 2.05) is 30.1 Å². The predicted octanol–water partition coefficient (Wildman–Crippen LogP) is 3.81. The molecule has 2 aromatic rings. The Morgan fingerprint density at radius 1 is 0.893 bits per heavy atom. The van der Waals surface area contributed by atoms with Gasteiger partial charge in [-0.2, -0.15) is 0 Å². The van der Waals surface area contributed by atoms with E-state index >= 15 is 0 Å². The number of likely N-dealkylation sites (N-methyl/N-ethyl adjacent to an activating group) is 1. The Morgan fingerprint density at radius 2 is 1.54 bits per heavy atom. The van der Waals surface area contributed by atoms with Crippen LogP contribution < -0.4 is 5.32 Å². The number of carbonyl (C=O) groups is 1. The fourth-order valence-electron chi connectivity index (χ4n) is 3.77. The van der Waals surface area contributed by atoms with E-state index in [1.54, 1.807) is 0 Å². The van der Waals surface area contributed by atoms with Crippen molar-refractivity contribution in [3.63, 3.8) is 0 Å². The van der Waals surface area contributed by atoms with Crippen LogP contribution in [0.5, 0.6) is 0 Å². The fraction of sp³-hybridized carbons (Fsp3) is 0.458. The summed E-state index contributed by atoms with van der Waals surface area (Å²) in [6, 6.07) is 18.9. The Kier molecular flexibility index (Phi) is 8.07. The van der Waals surface area contributed by atoms with Gasteiger partial charge in [0.05, 0.1) is 6.54 Å². The van der Waals surface area contributed by atoms with E-state index in [9.17, 15) is 4.79 Å². The van der Waals surface area contributed by atoms with Gasteiger partial charge < -0.3 is 5.32 Å². The highest BCUT2D eigenvalue weighted by Crippen LogP contribution is 2.14. The van der Waals surface area contributed by atoms with Gasteiger partial charge in [0.15, 0.2) is 0 Å². The second-order valence-corrected chi connectivity index (χ2v) is 7.94. The first kappa shape index (κ1) is 20.6. The zero-order valence-electron chi connectivity index (χ0n) is 17.1. The average Bonchev–Trinajstić information content (AvgIpc) is 2.97. The number of hydrogen-bond acceptors (Lipinski definition) is 3.